The third-order valence-corrected chi connectivity index (χ3v) is 8.23. The number of nitrogens with zero attached hydrogens (tertiary/aromatic N) is 2. The maximum absolute atomic E-state index is 13.4. The molecule has 45 heavy (non-hydrogen) atoms. The number of methoxy groups -OCH3 is 1. The van der Waals surface area contributed by atoms with Crippen LogP contribution < -0.4 is 20.1 Å². The van der Waals surface area contributed by atoms with Crippen LogP contribution in [0.1, 0.15) is 70.1 Å². The van der Waals surface area contributed by atoms with Gasteiger partial charge in [0.2, 0.25) is 0 Å². The minimum Gasteiger partial charge on any atom is -0.493 e. The van der Waals surface area contributed by atoms with Gasteiger partial charge in [0.15, 0.2) is 11.5 Å². The Balaban J connectivity index is 1.18. The molecule has 1 saturated carbocycles. The van der Waals surface area contributed by atoms with Crippen LogP contribution in [0.4, 0.5) is 5.69 Å². The second-order valence-corrected chi connectivity index (χ2v) is 11.3. The number of fused-ring (bicyclic) bond motifs is 1. The zero-order valence-corrected chi connectivity index (χ0v) is 25.2. The third kappa shape index (κ3) is 7.12. The number of rotatable bonds is 10. The first-order valence-corrected chi connectivity index (χ1v) is 15.4. The fourth-order valence-electron chi connectivity index (χ4n) is 5.82. The summed E-state index contributed by atoms with van der Waals surface area (Å²) in [4.78, 5) is 35.9. The highest BCUT2D eigenvalue weighted by Gasteiger charge is 2.22. The van der Waals surface area contributed by atoms with Gasteiger partial charge in [0.05, 0.1) is 42.1 Å². The smallest absolute Gasteiger partial charge is 0.259 e. The molecule has 1 aliphatic carbocycles. The normalized spacial score (nSPS) is 14.0. The maximum atomic E-state index is 13.4. The fraction of sp³-hybridized carbons (Fsp3) is 0.243. The molecule has 2 amide bonds. The molecule has 0 bridgehead atoms. The van der Waals surface area contributed by atoms with Crippen molar-refractivity contribution in [3.8, 4) is 11.5 Å². The summed E-state index contributed by atoms with van der Waals surface area (Å²) in [5.41, 5.74) is 3.73. The molecular weight excluding hydrogens is 564 g/mol. The van der Waals surface area contributed by atoms with Crippen LogP contribution in [0.2, 0.25) is 0 Å². The second kappa shape index (κ2) is 14.0. The molecule has 0 spiro atoms. The summed E-state index contributed by atoms with van der Waals surface area (Å²) < 4.78 is 11.7. The number of carbonyl (C=O) groups excluding carboxylic acids is 2. The molecule has 5 aromatic rings. The molecule has 228 valence electrons. The van der Waals surface area contributed by atoms with Gasteiger partial charge in [-0.05, 0) is 66.8 Å². The van der Waals surface area contributed by atoms with Crippen LogP contribution in [-0.4, -0.2) is 35.5 Å². The highest BCUT2D eigenvalue weighted by atomic mass is 16.5. The number of amides is 2. The highest BCUT2D eigenvalue weighted by molar-refractivity contribution is 6.07. The number of nitrogens with one attached hydrogen (secondary N) is 2. The molecule has 1 unspecified atom stereocenters. The van der Waals surface area contributed by atoms with E-state index in [4.69, 9.17) is 9.47 Å². The van der Waals surface area contributed by atoms with Crippen LogP contribution >= 0.6 is 0 Å². The van der Waals surface area contributed by atoms with Gasteiger partial charge in [-0.15, -0.1) is 0 Å². The number of aromatic nitrogens is 2. The fourth-order valence-corrected chi connectivity index (χ4v) is 5.82. The number of pyridine rings is 2. The lowest BCUT2D eigenvalue weighted by molar-refractivity contribution is 0.0941. The molecule has 6 rings (SSSR count). The van der Waals surface area contributed by atoms with Gasteiger partial charge in [0.25, 0.3) is 11.8 Å². The summed E-state index contributed by atoms with van der Waals surface area (Å²) in [5.74, 6) is 0.904. The van der Waals surface area contributed by atoms with E-state index in [0.717, 1.165) is 29.5 Å². The Morgan fingerprint density at radius 3 is 2.47 bits per heavy atom. The molecule has 0 saturated heterocycles. The van der Waals surface area contributed by atoms with Crippen molar-refractivity contribution in [3.63, 3.8) is 0 Å². The number of carbonyl (C=O) groups is 2. The predicted molar refractivity (Wildman–Crippen MR) is 175 cm³/mol. The summed E-state index contributed by atoms with van der Waals surface area (Å²) in [7, 11) is 1.58. The summed E-state index contributed by atoms with van der Waals surface area (Å²) in [6.07, 6.45) is 9.25. The average Bonchev–Trinajstić information content (AvgIpc) is 3.10. The van der Waals surface area contributed by atoms with Gasteiger partial charge in [-0.1, -0.05) is 67.8 Å². The van der Waals surface area contributed by atoms with Gasteiger partial charge < -0.3 is 20.1 Å². The lowest BCUT2D eigenvalue weighted by Gasteiger charge is -2.23. The van der Waals surface area contributed by atoms with E-state index in [1.165, 1.54) is 19.3 Å². The summed E-state index contributed by atoms with van der Waals surface area (Å²) in [6.45, 7) is 0.560. The van der Waals surface area contributed by atoms with Crippen molar-refractivity contribution < 1.29 is 19.1 Å². The predicted octanol–water partition coefficient (Wildman–Crippen LogP) is 7.37. The molecule has 8 heteroatoms. The van der Waals surface area contributed by atoms with E-state index in [1.807, 2.05) is 54.6 Å². The summed E-state index contributed by atoms with van der Waals surface area (Å²) >= 11 is 0. The number of para-hydroxylation sites is 1. The first-order valence-electron chi connectivity index (χ1n) is 15.4. The number of ether oxygens (including phenoxy) is 2. The molecule has 1 aliphatic rings. The van der Waals surface area contributed by atoms with Crippen LogP contribution in [0.25, 0.3) is 10.9 Å². The summed E-state index contributed by atoms with van der Waals surface area (Å²) in [6, 6.07) is 27.5. The SMILES string of the molecule is COc1cccc(C(=O)Nc2ccc3cc(C(=O)NC(c4ccccc4)c4ccccn4)cnc3c2)c1OCC1CCCCC1. The van der Waals surface area contributed by atoms with Crippen LogP contribution in [0.5, 0.6) is 11.5 Å². The Morgan fingerprint density at radius 2 is 1.69 bits per heavy atom. The largest absolute Gasteiger partial charge is 0.493 e. The molecule has 2 heterocycles. The minimum atomic E-state index is -0.415. The molecule has 2 N–H and O–H groups in total. The Morgan fingerprint density at radius 1 is 0.867 bits per heavy atom. The second-order valence-electron chi connectivity index (χ2n) is 11.3. The van der Waals surface area contributed by atoms with Crippen molar-refractivity contribution in [2.45, 2.75) is 38.1 Å². The van der Waals surface area contributed by atoms with Crippen molar-refractivity contribution in [2.24, 2.45) is 5.92 Å². The first kappa shape index (κ1) is 29.8. The number of hydrogen-bond acceptors (Lipinski definition) is 6. The van der Waals surface area contributed by atoms with Crippen LogP contribution in [-0.2, 0) is 0 Å². The molecule has 2 aromatic heterocycles. The van der Waals surface area contributed by atoms with E-state index in [9.17, 15) is 9.59 Å². The van der Waals surface area contributed by atoms with Crippen molar-refractivity contribution in [2.75, 3.05) is 19.0 Å². The lowest BCUT2D eigenvalue weighted by atomic mass is 9.90. The molecule has 0 aliphatic heterocycles. The molecule has 3 aromatic carbocycles. The van der Waals surface area contributed by atoms with Gasteiger partial charge in [0.1, 0.15) is 0 Å². The molecule has 0 radical (unpaired) electrons. The van der Waals surface area contributed by atoms with Crippen molar-refractivity contribution in [1.29, 1.82) is 0 Å². The minimum absolute atomic E-state index is 0.264. The van der Waals surface area contributed by atoms with E-state index >= 15 is 0 Å². The molecule has 1 atom stereocenters. The van der Waals surface area contributed by atoms with Gasteiger partial charge in [-0.3, -0.25) is 19.6 Å². The van der Waals surface area contributed by atoms with Crippen LogP contribution in [0.15, 0.2) is 103 Å². The topological polar surface area (TPSA) is 102 Å². The number of hydrogen-bond donors (Lipinski definition) is 2. The van der Waals surface area contributed by atoms with Crippen molar-refractivity contribution >= 4 is 28.4 Å². The Kier molecular flexibility index (Phi) is 9.30. The van der Waals surface area contributed by atoms with E-state index < -0.39 is 6.04 Å². The molecule has 1 fully saturated rings. The van der Waals surface area contributed by atoms with Crippen molar-refractivity contribution in [1.82, 2.24) is 15.3 Å². The standard InChI is InChI=1S/C37H36N4O4/c1-44-33-17-10-15-30(35(33)45-24-25-11-4-2-5-12-25)37(43)40-29-19-18-27-21-28(23-39-32(27)22-29)36(42)41-34(26-13-6-3-7-14-26)31-16-8-9-20-38-31/h3,6-10,13-23,25,34H,2,4-5,11-12,24H2,1H3,(H,40,43)(H,41,42). The Hall–Kier alpha value is -5.24. The van der Waals surface area contributed by atoms with Gasteiger partial charge >= 0.3 is 0 Å². The van der Waals surface area contributed by atoms with Crippen LogP contribution in [0, 0.1) is 5.92 Å². The number of anilines is 1. The highest BCUT2D eigenvalue weighted by Crippen LogP contribution is 2.34. The first-order chi connectivity index (χ1) is 22.1. The maximum Gasteiger partial charge on any atom is 0.259 e. The van der Waals surface area contributed by atoms with Crippen molar-refractivity contribution in [3.05, 3.63) is 126 Å². The van der Waals surface area contributed by atoms with E-state index in [0.29, 0.717) is 46.4 Å². The molecule has 8 nitrogen and oxygen atoms in total. The van der Waals surface area contributed by atoms with Gasteiger partial charge in [0, 0.05) is 23.5 Å². The molecular formula is C37H36N4O4. The third-order valence-electron chi connectivity index (χ3n) is 8.23. The average molecular weight is 601 g/mol. The Labute approximate surface area is 262 Å². The van der Waals surface area contributed by atoms with E-state index in [-0.39, 0.29) is 11.8 Å². The zero-order chi connectivity index (χ0) is 31.0. The van der Waals surface area contributed by atoms with E-state index in [1.54, 1.807) is 55.9 Å². The van der Waals surface area contributed by atoms with Crippen LogP contribution in [0.3, 0.4) is 0 Å². The lowest BCUT2D eigenvalue weighted by Crippen LogP contribution is -2.30. The van der Waals surface area contributed by atoms with Gasteiger partial charge in [-0.25, -0.2) is 0 Å². The summed E-state index contributed by atoms with van der Waals surface area (Å²) in [5, 5.41) is 6.86. The zero-order valence-electron chi connectivity index (χ0n) is 25.2. The monoisotopic (exact) mass is 600 g/mol. The van der Waals surface area contributed by atoms with Gasteiger partial charge in [-0.2, -0.15) is 0 Å². The quantitative estimate of drug-likeness (QED) is 0.174. The van der Waals surface area contributed by atoms with E-state index in [2.05, 4.69) is 20.6 Å². The number of benzene rings is 3. The Bertz CT molecular complexity index is 1730.